The second-order valence-electron chi connectivity index (χ2n) is 5.33. The van der Waals surface area contributed by atoms with Gasteiger partial charge in [0.15, 0.2) is 0 Å². The Morgan fingerprint density at radius 1 is 1.20 bits per heavy atom. The van der Waals surface area contributed by atoms with Gasteiger partial charge in [-0.1, -0.05) is 32.9 Å². The van der Waals surface area contributed by atoms with Crippen molar-refractivity contribution in [1.29, 1.82) is 0 Å². The summed E-state index contributed by atoms with van der Waals surface area (Å²) in [7, 11) is 0. The summed E-state index contributed by atoms with van der Waals surface area (Å²) >= 11 is 0. The maximum atomic E-state index is 3.25. The van der Waals surface area contributed by atoms with Crippen LogP contribution in [0.2, 0.25) is 0 Å². The molecule has 1 heterocycles. The van der Waals surface area contributed by atoms with E-state index >= 15 is 0 Å². The van der Waals surface area contributed by atoms with Crippen LogP contribution in [0.4, 0.5) is 0 Å². The van der Waals surface area contributed by atoms with Crippen molar-refractivity contribution in [2.45, 2.75) is 39.7 Å². The number of hydrogen-bond acceptors (Lipinski definition) is 1. The van der Waals surface area contributed by atoms with Crippen molar-refractivity contribution in [2.75, 3.05) is 0 Å². The maximum absolute atomic E-state index is 3.25. The van der Waals surface area contributed by atoms with Gasteiger partial charge >= 0.3 is 0 Å². The van der Waals surface area contributed by atoms with Crippen LogP contribution >= 0.6 is 0 Å². The first-order valence-corrected chi connectivity index (χ1v) is 5.52. The number of hydrogen-bond donors (Lipinski definition) is 1. The van der Waals surface area contributed by atoms with Gasteiger partial charge in [-0.3, -0.25) is 0 Å². The summed E-state index contributed by atoms with van der Waals surface area (Å²) in [5.41, 5.74) is 5.86. The van der Waals surface area contributed by atoms with Gasteiger partial charge in [0, 0.05) is 6.54 Å². The van der Waals surface area contributed by atoms with Crippen LogP contribution in [0.1, 0.15) is 43.0 Å². The minimum Gasteiger partial charge on any atom is -0.387 e. The number of fused-ring (bicyclic) bond motifs is 1. The number of nitrogens with one attached hydrogen (secondary N) is 1. The zero-order chi connectivity index (χ0) is 11.1. The fraction of sp³-hybridized carbons (Fsp3) is 0.429. The highest BCUT2D eigenvalue weighted by Gasteiger charge is 2.18. The maximum Gasteiger partial charge on any atom is 0.0401 e. The molecular weight excluding hydrogens is 182 g/mol. The smallest absolute Gasteiger partial charge is 0.0401 e. The highest BCUT2D eigenvalue weighted by atomic mass is 14.8. The molecule has 1 nitrogen and oxygen atoms in total. The summed E-state index contributed by atoms with van der Waals surface area (Å²) in [4.78, 5) is 0. The molecule has 1 aromatic rings. The Labute approximate surface area is 92.2 Å². The molecule has 1 N–H and O–H groups in total. The predicted molar refractivity (Wildman–Crippen MR) is 65.8 cm³/mol. The molecule has 1 aromatic carbocycles. The van der Waals surface area contributed by atoms with Gasteiger partial charge in [-0.25, -0.2) is 0 Å². The second kappa shape index (κ2) is 3.41. The largest absolute Gasteiger partial charge is 0.387 e. The van der Waals surface area contributed by atoms with E-state index in [-0.39, 0.29) is 5.41 Å². The third kappa shape index (κ3) is 1.92. The molecule has 0 aromatic heterocycles. The average Bonchev–Trinajstić information content (AvgIpc) is 2.15. The number of benzene rings is 1. The van der Waals surface area contributed by atoms with Crippen molar-refractivity contribution < 1.29 is 0 Å². The van der Waals surface area contributed by atoms with E-state index in [1.165, 1.54) is 22.3 Å². The van der Waals surface area contributed by atoms with Crippen LogP contribution in [0.25, 0.3) is 6.08 Å². The summed E-state index contributed by atoms with van der Waals surface area (Å²) in [5, 5.41) is 3.25. The van der Waals surface area contributed by atoms with Crippen LogP contribution in [-0.2, 0) is 12.0 Å². The van der Waals surface area contributed by atoms with E-state index in [4.69, 9.17) is 0 Å². The molecule has 0 spiro atoms. The van der Waals surface area contributed by atoms with E-state index in [9.17, 15) is 0 Å². The average molecular weight is 201 g/mol. The van der Waals surface area contributed by atoms with Crippen LogP contribution in [-0.4, -0.2) is 0 Å². The van der Waals surface area contributed by atoms with Crippen molar-refractivity contribution in [3.63, 3.8) is 0 Å². The van der Waals surface area contributed by atoms with Crippen molar-refractivity contribution in [2.24, 2.45) is 0 Å². The molecule has 1 heteroatoms. The topological polar surface area (TPSA) is 12.0 Å². The molecule has 15 heavy (non-hydrogen) atoms. The molecule has 0 unspecified atom stereocenters. The van der Waals surface area contributed by atoms with Gasteiger partial charge in [0.1, 0.15) is 0 Å². The minimum atomic E-state index is 0.234. The summed E-state index contributed by atoms with van der Waals surface area (Å²) < 4.78 is 0. The molecule has 0 atom stereocenters. The van der Waals surface area contributed by atoms with Crippen LogP contribution in [0.3, 0.4) is 0 Å². The number of rotatable bonds is 0. The molecule has 0 fully saturated rings. The zero-order valence-electron chi connectivity index (χ0n) is 10.0. The van der Waals surface area contributed by atoms with Crippen molar-refractivity contribution in [1.82, 2.24) is 5.32 Å². The highest BCUT2D eigenvalue weighted by Crippen LogP contribution is 2.29. The lowest BCUT2D eigenvalue weighted by atomic mass is 9.82. The first-order chi connectivity index (χ1) is 6.98. The lowest BCUT2D eigenvalue weighted by Gasteiger charge is -2.24. The molecule has 2 rings (SSSR count). The summed E-state index contributed by atoms with van der Waals surface area (Å²) in [6, 6.07) is 4.65. The Morgan fingerprint density at radius 3 is 2.60 bits per heavy atom. The zero-order valence-corrected chi connectivity index (χ0v) is 10.0. The van der Waals surface area contributed by atoms with E-state index in [1.54, 1.807) is 0 Å². The Balaban J connectivity index is 2.56. The molecule has 1 aliphatic heterocycles. The monoisotopic (exact) mass is 201 g/mol. The summed E-state index contributed by atoms with van der Waals surface area (Å²) in [5.74, 6) is 0. The van der Waals surface area contributed by atoms with Crippen LogP contribution in [0.15, 0.2) is 18.3 Å². The SMILES string of the molecule is Cc1cc2c(cc1C(C)(C)C)C=CNC2. The molecule has 0 bridgehead atoms. The van der Waals surface area contributed by atoms with E-state index in [2.05, 4.69) is 51.2 Å². The first-order valence-electron chi connectivity index (χ1n) is 5.52. The standard InChI is InChI=1S/C14H19N/c1-10-7-12-9-15-6-5-11(12)8-13(10)14(2,3)4/h5-8,15H,9H2,1-4H3. The fourth-order valence-corrected chi connectivity index (χ4v) is 2.22. The molecule has 80 valence electrons. The molecule has 0 aliphatic carbocycles. The van der Waals surface area contributed by atoms with Crippen molar-refractivity contribution >= 4 is 6.08 Å². The van der Waals surface area contributed by atoms with Crippen molar-refractivity contribution in [3.8, 4) is 0 Å². The van der Waals surface area contributed by atoms with Gasteiger partial charge in [0.05, 0.1) is 0 Å². The van der Waals surface area contributed by atoms with Gasteiger partial charge < -0.3 is 5.32 Å². The summed E-state index contributed by atoms with van der Waals surface area (Å²) in [6.45, 7) is 9.97. The van der Waals surface area contributed by atoms with Gasteiger partial charge in [-0.2, -0.15) is 0 Å². The third-order valence-electron chi connectivity index (χ3n) is 2.97. The van der Waals surface area contributed by atoms with Gasteiger partial charge in [-0.05, 0) is 46.9 Å². The molecular formula is C14H19N. The Kier molecular flexibility index (Phi) is 2.34. The minimum absolute atomic E-state index is 0.234. The van der Waals surface area contributed by atoms with E-state index in [1.807, 2.05) is 6.20 Å². The molecule has 0 amide bonds. The normalized spacial score (nSPS) is 14.7. The second-order valence-corrected chi connectivity index (χ2v) is 5.33. The van der Waals surface area contributed by atoms with Crippen LogP contribution in [0, 0.1) is 6.92 Å². The molecule has 1 aliphatic rings. The van der Waals surface area contributed by atoms with Gasteiger partial charge in [0.2, 0.25) is 0 Å². The Bertz CT molecular complexity index is 408. The van der Waals surface area contributed by atoms with Gasteiger partial charge in [-0.15, -0.1) is 0 Å². The van der Waals surface area contributed by atoms with E-state index in [0.29, 0.717) is 0 Å². The van der Waals surface area contributed by atoms with Crippen LogP contribution in [0.5, 0.6) is 0 Å². The highest BCUT2D eigenvalue weighted by molar-refractivity contribution is 5.59. The number of aryl methyl sites for hydroxylation is 1. The molecule has 0 saturated heterocycles. The van der Waals surface area contributed by atoms with Gasteiger partial charge in [0.25, 0.3) is 0 Å². The quantitative estimate of drug-likeness (QED) is 0.678. The fourth-order valence-electron chi connectivity index (χ4n) is 2.22. The molecule has 0 radical (unpaired) electrons. The van der Waals surface area contributed by atoms with Crippen molar-refractivity contribution in [3.05, 3.63) is 40.6 Å². The third-order valence-corrected chi connectivity index (χ3v) is 2.97. The lowest BCUT2D eigenvalue weighted by molar-refractivity contribution is 0.585. The van der Waals surface area contributed by atoms with Crippen LogP contribution < -0.4 is 5.32 Å². The Hall–Kier alpha value is -1.24. The van der Waals surface area contributed by atoms with E-state index < -0.39 is 0 Å². The first kappa shape index (κ1) is 10.3. The van der Waals surface area contributed by atoms with E-state index in [0.717, 1.165) is 6.54 Å². The molecule has 0 saturated carbocycles. The lowest BCUT2D eigenvalue weighted by Crippen LogP contribution is -2.16. The summed E-state index contributed by atoms with van der Waals surface area (Å²) in [6.07, 6.45) is 4.19. The Morgan fingerprint density at radius 2 is 1.93 bits per heavy atom. The predicted octanol–water partition coefficient (Wildman–Crippen LogP) is 3.37.